The fraction of sp³-hybridized carbons (Fsp3) is 0.611. The van der Waals surface area contributed by atoms with Gasteiger partial charge in [-0.2, -0.15) is 0 Å². The number of carbonyl (C=O) groups excluding carboxylic acids is 1. The van der Waals surface area contributed by atoms with Gasteiger partial charge in [-0.3, -0.25) is 9.69 Å². The number of carbonyl (C=O) groups is 1. The number of nitrogens with zero attached hydrogens (tertiary/aromatic N) is 1. The molecule has 1 aliphatic heterocycles. The first-order chi connectivity index (χ1) is 11.4. The van der Waals surface area contributed by atoms with E-state index in [0.717, 1.165) is 25.8 Å². The number of nitrogens with two attached hydrogens (primary N) is 1. The third-order valence-electron chi connectivity index (χ3n) is 4.86. The summed E-state index contributed by atoms with van der Waals surface area (Å²) >= 11 is 0. The molecule has 3 N–H and O–H groups in total. The minimum absolute atomic E-state index is 0.0313. The second kappa shape index (κ2) is 8.53. The van der Waals surface area contributed by atoms with Crippen LogP contribution >= 0.6 is 0 Å². The number of amides is 1. The lowest BCUT2D eigenvalue weighted by Gasteiger charge is -2.34. The maximum atomic E-state index is 13.8. The largest absolute Gasteiger partial charge is 0.351 e. The molecule has 24 heavy (non-hydrogen) atoms. The van der Waals surface area contributed by atoms with Crippen molar-refractivity contribution in [3.8, 4) is 0 Å². The standard InChI is InChI=1S/C18H27F2N3O/c1-3-12(2)17(21)18(24)22-13-6-5-9-23(10-13)11-14-15(19)7-4-8-16(14)20/h4,7-8,12-13,17H,3,5-6,9-11,21H2,1-2H3,(H,22,24). The van der Waals surface area contributed by atoms with Crippen LogP contribution in [0.3, 0.4) is 0 Å². The van der Waals surface area contributed by atoms with Gasteiger partial charge < -0.3 is 11.1 Å². The number of rotatable bonds is 6. The average Bonchev–Trinajstić information content (AvgIpc) is 2.57. The maximum Gasteiger partial charge on any atom is 0.237 e. The van der Waals surface area contributed by atoms with Gasteiger partial charge in [0, 0.05) is 24.7 Å². The first-order valence-electron chi connectivity index (χ1n) is 8.63. The number of benzene rings is 1. The molecule has 1 heterocycles. The average molecular weight is 339 g/mol. The lowest BCUT2D eigenvalue weighted by atomic mass is 9.98. The van der Waals surface area contributed by atoms with Gasteiger partial charge in [-0.1, -0.05) is 26.3 Å². The second-order valence-electron chi connectivity index (χ2n) is 6.69. The quantitative estimate of drug-likeness (QED) is 0.837. The van der Waals surface area contributed by atoms with E-state index in [1.807, 2.05) is 18.7 Å². The molecule has 3 atom stereocenters. The van der Waals surface area contributed by atoms with Crippen molar-refractivity contribution in [3.05, 3.63) is 35.4 Å². The Labute approximate surface area is 142 Å². The van der Waals surface area contributed by atoms with E-state index in [2.05, 4.69) is 5.32 Å². The summed E-state index contributed by atoms with van der Waals surface area (Å²) in [5.41, 5.74) is 6.05. The molecule has 0 bridgehead atoms. The van der Waals surface area contributed by atoms with E-state index in [1.54, 1.807) is 0 Å². The number of piperidine rings is 1. The SMILES string of the molecule is CCC(C)C(N)C(=O)NC1CCCN(Cc2c(F)cccc2F)C1. The van der Waals surface area contributed by atoms with E-state index in [4.69, 9.17) is 5.73 Å². The van der Waals surface area contributed by atoms with Gasteiger partial charge in [-0.15, -0.1) is 0 Å². The molecule has 0 aliphatic carbocycles. The predicted octanol–water partition coefficient (Wildman–Crippen LogP) is 2.42. The molecule has 1 fully saturated rings. The van der Waals surface area contributed by atoms with Crippen LogP contribution in [-0.2, 0) is 11.3 Å². The molecule has 0 spiro atoms. The predicted molar refractivity (Wildman–Crippen MR) is 90.2 cm³/mol. The van der Waals surface area contributed by atoms with Gasteiger partial charge in [0.1, 0.15) is 11.6 Å². The van der Waals surface area contributed by atoms with Crippen molar-refractivity contribution in [3.63, 3.8) is 0 Å². The molecule has 4 nitrogen and oxygen atoms in total. The zero-order chi connectivity index (χ0) is 17.7. The molecule has 0 aromatic heterocycles. The molecule has 1 aromatic rings. The van der Waals surface area contributed by atoms with Gasteiger partial charge in [0.15, 0.2) is 0 Å². The van der Waals surface area contributed by atoms with Crippen LogP contribution in [0.25, 0.3) is 0 Å². The van der Waals surface area contributed by atoms with Crippen LogP contribution in [0.5, 0.6) is 0 Å². The first-order valence-corrected chi connectivity index (χ1v) is 8.63. The molecule has 1 aliphatic rings. The van der Waals surface area contributed by atoms with Gasteiger partial charge in [0.05, 0.1) is 6.04 Å². The van der Waals surface area contributed by atoms with Crippen molar-refractivity contribution in [2.45, 2.75) is 51.7 Å². The summed E-state index contributed by atoms with van der Waals surface area (Å²) in [6, 6.07) is 3.36. The van der Waals surface area contributed by atoms with E-state index in [-0.39, 0.29) is 30.0 Å². The Morgan fingerprint density at radius 2 is 2.08 bits per heavy atom. The molecule has 134 valence electrons. The summed E-state index contributed by atoms with van der Waals surface area (Å²) in [5, 5.41) is 2.99. The summed E-state index contributed by atoms with van der Waals surface area (Å²) in [6.45, 7) is 5.51. The summed E-state index contributed by atoms with van der Waals surface area (Å²) in [6.07, 6.45) is 2.58. The second-order valence-corrected chi connectivity index (χ2v) is 6.69. The third kappa shape index (κ3) is 4.74. The number of hydrogen-bond acceptors (Lipinski definition) is 3. The highest BCUT2D eigenvalue weighted by molar-refractivity contribution is 5.82. The third-order valence-corrected chi connectivity index (χ3v) is 4.86. The minimum Gasteiger partial charge on any atom is -0.351 e. The van der Waals surface area contributed by atoms with Gasteiger partial charge in [0.25, 0.3) is 0 Å². The van der Waals surface area contributed by atoms with Crippen molar-refractivity contribution >= 4 is 5.91 Å². The van der Waals surface area contributed by atoms with Crippen LogP contribution in [0.2, 0.25) is 0 Å². The van der Waals surface area contributed by atoms with Crippen molar-refractivity contribution in [2.24, 2.45) is 11.7 Å². The molecule has 2 rings (SSSR count). The number of halogens is 2. The molecule has 0 saturated carbocycles. The fourth-order valence-electron chi connectivity index (χ4n) is 3.03. The topological polar surface area (TPSA) is 58.4 Å². The van der Waals surface area contributed by atoms with E-state index < -0.39 is 17.7 Å². The lowest BCUT2D eigenvalue weighted by molar-refractivity contribution is -0.124. The van der Waals surface area contributed by atoms with Crippen LogP contribution in [0, 0.1) is 17.6 Å². The van der Waals surface area contributed by atoms with E-state index in [0.29, 0.717) is 6.54 Å². The molecule has 1 saturated heterocycles. The van der Waals surface area contributed by atoms with Gasteiger partial charge in [0.2, 0.25) is 5.91 Å². The molecular formula is C18H27F2N3O. The highest BCUT2D eigenvalue weighted by atomic mass is 19.1. The zero-order valence-corrected chi connectivity index (χ0v) is 14.4. The Morgan fingerprint density at radius 3 is 2.71 bits per heavy atom. The molecule has 1 aromatic carbocycles. The Hall–Kier alpha value is -1.53. The van der Waals surface area contributed by atoms with Crippen LogP contribution in [-0.4, -0.2) is 36.0 Å². The smallest absolute Gasteiger partial charge is 0.237 e. The molecule has 6 heteroatoms. The lowest BCUT2D eigenvalue weighted by Crippen LogP contribution is -2.53. The minimum atomic E-state index is -0.528. The van der Waals surface area contributed by atoms with E-state index >= 15 is 0 Å². The summed E-state index contributed by atoms with van der Waals surface area (Å²) < 4.78 is 27.6. The highest BCUT2D eigenvalue weighted by Crippen LogP contribution is 2.18. The Kier molecular flexibility index (Phi) is 6.69. The van der Waals surface area contributed by atoms with Crippen LogP contribution < -0.4 is 11.1 Å². The van der Waals surface area contributed by atoms with Crippen LogP contribution in [0.4, 0.5) is 8.78 Å². The zero-order valence-electron chi connectivity index (χ0n) is 14.4. The Balaban J connectivity index is 1.93. The van der Waals surface area contributed by atoms with E-state index in [9.17, 15) is 13.6 Å². The van der Waals surface area contributed by atoms with Gasteiger partial charge in [-0.05, 0) is 37.4 Å². The molecular weight excluding hydrogens is 312 g/mol. The number of nitrogens with one attached hydrogen (secondary N) is 1. The van der Waals surface area contributed by atoms with Gasteiger partial charge >= 0.3 is 0 Å². The van der Waals surface area contributed by atoms with Crippen molar-refractivity contribution in [1.82, 2.24) is 10.2 Å². The summed E-state index contributed by atoms with van der Waals surface area (Å²) in [4.78, 5) is 14.2. The first kappa shape index (κ1) is 18.8. The molecule has 1 amide bonds. The van der Waals surface area contributed by atoms with Crippen LogP contribution in [0.1, 0.15) is 38.7 Å². The summed E-state index contributed by atoms with van der Waals surface area (Å²) in [5.74, 6) is -1.08. The van der Waals surface area contributed by atoms with Crippen LogP contribution in [0.15, 0.2) is 18.2 Å². The van der Waals surface area contributed by atoms with Gasteiger partial charge in [-0.25, -0.2) is 8.78 Å². The Morgan fingerprint density at radius 1 is 1.42 bits per heavy atom. The van der Waals surface area contributed by atoms with Crippen molar-refractivity contribution in [1.29, 1.82) is 0 Å². The normalized spacial score (nSPS) is 21.3. The van der Waals surface area contributed by atoms with E-state index in [1.165, 1.54) is 18.2 Å². The monoisotopic (exact) mass is 339 g/mol. The maximum absolute atomic E-state index is 13.8. The van der Waals surface area contributed by atoms with Crippen molar-refractivity contribution < 1.29 is 13.6 Å². The highest BCUT2D eigenvalue weighted by Gasteiger charge is 2.26. The number of likely N-dealkylation sites (tertiary alicyclic amines) is 1. The molecule has 3 unspecified atom stereocenters. The number of hydrogen-bond donors (Lipinski definition) is 2. The fourth-order valence-corrected chi connectivity index (χ4v) is 3.03. The Bertz CT molecular complexity index is 547. The van der Waals surface area contributed by atoms with Crippen molar-refractivity contribution in [2.75, 3.05) is 13.1 Å². The molecule has 0 radical (unpaired) electrons. The summed E-state index contributed by atoms with van der Waals surface area (Å²) in [7, 11) is 0.